The van der Waals surface area contributed by atoms with Crippen LogP contribution in [0.1, 0.15) is 36.0 Å². The Balaban J connectivity index is 2.21. The zero-order valence-corrected chi connectivity index (χ0v) is 13.9. The summed E-state index contributed by atoms with van der Waals surface area (Å²) in [6.45, 7) is 0. The first-order chi connectivity index (χ1) is 9.02. The Morgan fingerprint density at radius 2 is 2.05 bits per heavy atom. The first kappa shape index (κ1) is 15.0. The molecule has 1 aromatic carbocycles. The van der Waals surface area contributed by atoms with Gasteiger partial charge in [-0.15, -0.1) is 0 Å². The predicted octanol–water partition coefficient (Wildman–Crippen LogP) is 4.37. The highest BCUT2D eigenvalue weighted by atomic mass is 79.9. The molecule has 0 aliphatic heterocycles. The third kappa shape index (κ3) is 3.19. The van der Waals surface area contributed by atoms with Crippen molar-refractivity contribution in [3.63, 3.8) is 0 Å². The van der Waals surface area contributed by atoms with E-state index < -0.39 is 5.82 Å². The molecule has 0 radical (unpaired) electrons. The highest BCUT2D eigenvalue weighted by molar-refractivity contribution is 9.10. The van der Waals surface area contributed by atoms with E-state index in [0.29, 0.717) is 9.30 Å². The van der Waals surface area contributed by atoms with Crippen LogP contribution in [0.5, 0.6) is 0 Å². The zero-order valence-electron chi connectivity index (χ0n) is 10.7. The average Bonchev–Trinajstić information content (AvgIpc) is 2.41. The molecule has 1 saturated carbocycles. The number of alkyl halides is 1. The molecule has 0 saturated heterocycles. The zero-order chi connectivity index (χ0) is 14.0. The minimum atomic E-state index is -0.485. The van der Waals surface area contributed by atoms with Gasteiger partial charge >= 0.3 is 0 Å². The minimum absolute atomic E-state index is 0.127. The van der Waals surface area contributed by atoms with Crippen molar-refractivity contribution in [1.29, 1.82) is 0 Å². The normalized spacial score (nSPS) is 23.2. The van der Waals surface area contributed by atoms with Crippen LogP contribution in [-0.2, 0) is 0 Å². The summed E-state index contributed by atoms with van der Waals surface area (Å²) in [5, 5.41) is 0. The molecule has 1 amide bonds. The first-order valence-corrected chi connectivity index (χ1v) is 8.08. The van der Waals surface area contributed by atoms with Gasteiger partial charge in [-0.2, -0.15) is 0 Å². The molecule has 0 aromatic heterocycles. The molecule has 0 heterocycles. The van der Waals surface area contributed by atoms with Gasteiger partial charge in [0.25, 0.3) is 5.91 Å². The quantitative estimate of drug-likeness (QED) is 0.684. The SMILES string of the molecule is CN(C(=O)c1cccc(Br)c1F)C1CCCCC1Br. The van der Waals surface area contributed by atoms with E-state index in [-0.39, 0.29) is 17.5 Å². The summed E-state index contributed by atoms with van der Waals surface area (Å²) >= 11 is 6.75. The molecule has 1 aliphatic rings. The number of benzene rings is 1. The summed E-state index contributed by atoms with van der Waals surface area (Å²) in [6, 6.07) is 4.95. The second-order valence-corrected chi connectivity index (χ2v) is 6.92. The molecule has 2 rings (SSSR count). The van der Waals surface area contributed by atoms with Gasteiger partial charge < -0.3 is 4.90 Å². The van der Waals surface area contributed by atoms with Gasteiger partial charge in [0, 0.05) is 17.9 Å². The van der Waals surface area contributed by atoms with Crippen LogP contribution in [0.2, 0.25) is 0 Å². The number of hydrogen-bond donors (Lipinski definition) is 0. The number of carbonyl (C=O) groups excluding carboxylic acids is 1. The topological polar surface area (TPSA) is 20.3 Å². The van der Waals surface area contributed by atoms with Crippen molar-refractivity contribution in [3.8, 4) is 0 Å². The summed E-state index contributed by atoms with van der Waals surface area (Å²) in [6.07, 6.45) is 4.32. The van der Waals surface area contributed by atoms with E-state index in [0.717, 1.165) is 19.3 Å². The fourth-order valence-corrected chi connectivity index (χ4v) is 3.82. The Kier molecular flexibility index (Phi) is 5.01. The monoisotopic (exact) mass is 391 g/mol. The van der Waals surface area contributed by atoms with Crippen molar-refractivity contribution in [2.45, 2.75) is 36.6 Å². The van der Waals surface area contributed by atoms with Crippen LogP contribution in [-0.4, -0.2) is 28.7 Å². The number of amides is 1. The molecule has 19 heavy (non-hydrogen) atoms. The molecule has 2 nitrogen and oxygen atoms in total. The summed E-state index contributed by atoms with van der Waals surface area (Å²) < 4.78 is 14.3. The maximum Gasteiger partial charge on any atom is 0.256 e. The van der Waals surface area contributed by atoms with Gasteiger partial charge in [0.2, 0.25) is 0 Å². The smallest absolute Gasteiger partial charge is 0.256 e. The van der Waals surface area contributed by atoms with Crippen molar-refractivity contribution in [3.05, 3.63) is 34.1 Å². The van der Waals surface area contributed by atoms with Crippen molar-refractivity contribution in [1.82, 2.24) is 4.90 Å². The van der Waals surface area contributed by atoms with Crippen LogP contribution in [0.4, 0.5) is 4.39 Å². The fourth-order valence-electron chi connectivity index (χ4n) is 2.51. The minimum Gasteiger partial charge on any atom is -0.338 e. The maximum absolute atomic E-state index is 14.0. The lowest BCUT2D eigenvalue weighted by atomic mass is 9.94. The summed E-state index contributed by atoms with van der Waals surface area (Å²) in [5.74, 6) is -0.739. The van der Waals surface area contributed by atoms with Crippen molar-refractivity contribution in [2.24, 2.45) is 0 Å². The van der Waals surface area contributed by atoms with Gasteiger partial charge in [0.05, 0.1) is 10.0 Å². The summed E-state index contributed by atoms with van der Waals surface area (Å²) in [4.78, 5) is 14.4. The Hall–Kier alpha value is -0.420. The van der Waals surface area contributed by atoms with Crippen LogP contribution in [0.3, 0.4) is 0 Å². The number of carbonyl (C=O) groups is 1. The largest absolute Gasteiger partial charge is 0.338 e. The second-order valence-electron chi connectivity index (χ2n) is 4.89. The van der Waals surface area contributed by atoms with E-state index in [4.69, 9.17) is 0 Å². The van der Waals surface area contributed by atoms with Gasteiger partial charge in [-0.25, -0.2) is 4.39 Å². The third-order valence-corrected chi connectivity index (χ3v) is 5.33. The van der Waals surface area contributed by atoms with Crippen molar-refractivity contribution >= 4 is 37.8 Å². The highest BCUT2D eigenvalue weighted by Crippen LogP contribution is 2.29. The lowest BCUT2D eigenvalue weighted by Gasteiger charge is -2.35. The molecule has 5 heteroatoms. The molecule has 0 spiro atoms. The van der Waals surface area contributed by atoms with Crippen LogP contribution >= 0.6 is 31.9 Å². The maximum atomic E-state index is 14.0. The van der Waals surface area contributed by atoms with E-state index in [2.05, 4.69) is 31.9 Å². The lowest BCUT2D eigenvalue weighted by Crippen LogP contribution is -2.44. The average molecular weight is 393 g/mol. The van der Waals surface area contributed by atoms with Crippen LogP contribution in [0.15, 0.2) is 22.7 Å². The van der Waals surface area contributed by atoms with Crippen LogP contribution in [0.25, 0.3) is 0 Å². The van der Waals surface area contributed by atoms with E-state index in [1.165, 1.54) is 12.5 Å². The lowest BCUT2D eigenvalue weighted by molar-refractivity contribution is 0.0700. The van der Waals surface area contributed by atoms with E-state index in [1.807, 2.05) is 0 Å². The Morgan fingerprint density at radius 1 is 1.37 bits per heavy atom. The standard InChI is InChI=1S/C14H16Br2FNO/c1-18(12-8-3-2-6-10(12)15)14(19)9-5-4-7-11(16)13(9)17/h4-5,7,10,12H,2-3,6,8H2,1H3. The van der Waals surface area contributed by atoms with E-state index in [9.17, 15) is 9.18 Å². The molecule has 2 atom stereocenters. The number of rotatable bonds is 2. The van der Waals surface area contributed by atoms with Gasteiger partial charge in [-0.3, -0.25) is 4.79 Å². The van der Waals surface area contributed by atoms with Gasteiger partial charge in [0.1, 0.15) is 5.82 Å². The van der Waals surface area contributed by atoms with Gasteiger partial charge in [-0.05, 0) is 40.9 Å². The number of nitrogens with zero attached hydrogens (tertiary/aromatic N) is 1. The Labute approximate surface area is 129 Å². The Bertz CT molecular complexity index is 481. The molecule has 0 bridgehead atoms. The highest BCUT2D eigenvalue weighted by Gasteiger charge is 2.30. The van der Waals surface area contributed by atoms with Crippen LogP contribution < -0.4 is 0 Å². The van der Waals surface area contributed by atoms with E-state index >= 15 is 0 Å². The van der Waals surface area contributed by atoms with Crippen molar-refractivity contribution < 1.29 is 9.18 Å². The predicted molar refractivity (Wildman–Crippen MR) is 81.2 cm³/mol. The van der Waals surface area contributed by atoms with Gasteiger partial charge in [0.15, 0.2) is 0 Å². The van der Waals surface area contributed by atoms with Gasteiger partial charge in [-0.1, -0.05) is 34.8 Å². The molecule has 1 fully saturated rings. The summed E-state index contributed by atoms with van der Waals surface area (Å²) in [7, 11) is 1.76. The first-order valence-electron chi connectivity index (χ1n) is 6.37. The van der Waals surface area contributed by atoms with Crippen LogP contribution in [0, 0.1) is 5.82 Å². The molecule has 2 unspecified atom stereocenters. The molecule has 0 N–H and O–H groups in total. The fraction of sp³-hybridized carbons (Fsp3) is 0.500. The number of hydrogen-bond acceptors (Lipinski definition) is 1. The molecule has 104 valence electrons. The number of halogens is 3. The second kappa shape index (κ2) is 6.35. The Morgan fingerprint density at radius 3 is 2.74 bits per heavy atom. The summed E-state index contributed by atoms with van der Waals surface area (Å²) in [5.41, 5.74) is 0.127. The van der Waals surface area contributed by atoms with Crippen molar-refractivity contribution in [2.75, 3.05) is 7.05 Å². The molecular formula is C14H16Br2FNO. The third-order valence-electron chi connectivity index (χ3n) is 3.65. The molecule has 1 aromatic rings. The van der Waals surface area contributed by atoms with E-state index in [1.54, 1.807) is 24.1 Å². The molecular weight excluding hydrogens is 377 g/mol. The molecule has 1 aliphatic carbocycles.